The Morgan fingerprint density at radius 2 is 2.29 bits per heavy atom. The van der Waals surface area contributed by atoms with Gasteiger partial charge in [-0.05, 0) is 6.07 Å². The first-order valence-electron chi connectivity index (χ1n) is 4.54. The van der Waals surface area contributed by atoms with Crippen molar-refractivity contribution in [2.24, 2.45) is 5.73 Å². The molecule has 0 spiro atoms. The third kappa shape index (κ3) is 2.04. The second-order valence-electron chi connectivity index (χ2n) is 3.03. The van der Waals surface area contributed by atoms with Crippen molar-refractivity contribution >= 4 is 17.5 Å². The summed E-state index contributed by atoms with van der Waals surface area (Å²) in [5.41, 5.74) is 5.23. The second-order valence-corrected chi connectivity index (χ2v) is 3.39. The van der Waals surface area contributed by atoms with Gasteiger partial charge in [-0.25, -0.2) is 14.6 Å². The van der Waals surface area contributed by atoms with Crippen LogP contribution in [-0.2, 0) is 0 Å². The number of nitrogens with two attached hydrogens (primary N) is 1. The smallest absolute Gasteiger partial charge is 0.269 e. The standard InChI is InChI=1S/C9H8ClN5O2/c1-17-6-7(10)12-4-13-9(6)15-3-2-5(14-15)8(11)16/h2-4H,1H3,(H2,11,16). The summed E-state index contributed by atoms with van der Waals surface area (Å²) in [6, 6.07) is 1.47. The number of carbonyl (C=O) groups excluding carboxylic acids is 1. The van der Waals surface area contributed by atoms with Crippen molar-refractivity contribution in [3.63, 3.8) is 0 Å². The maximum atomic E-state index is 10.9. The van der Waals surface area contributed by atoms with E-state index in [-0.39, 0.29) is 16.6 Å². The number of amides is 1. The highest BCUT2D eigenvalue weighted by Crippen LogP contribution is 2.26. The lowest BCUT2D eigenvalue weighted by Crippen LogP contribution is -2.12. The highest BCUT2D eigenvalue weighted by Gasteiger charge is 2.14. The van der Waals surface area contributed by atoms with Crippen molar-refractivity contribution in [1.29, 1.82) is 0 Å². The zero-order valence-electron chi connectivity index (χ0n) is 8.79. The molecule has 2 aromatic heterocycles. The maximum Gasteiger partial charge on any atom is 0.269 e. The molecular weight excluding hydrogens is 246 g/mol. The Morgan fingerprint density at radius 1 is 1.53 bits per heavy atom. The summed E-state index contributed by atoms with van der Waals surface area (Å²) >= 11 is 5.84. The van der Waals surface area contributed by atoms with E-state index in [1.807, 2.05) is 0 Å². The lowest BCUT2D eigenvalue weighted by atomic mass is 10.4. The van der Waals surface area contributed by atoms with Crippen molar-refractivity contribution in [2.45, 2.75) is 0 Å². The molecule has 1 amide bonds. The van der Waals surface area contributed by atoms with Crippen LogP contribution in [-0.4, -0.2) is 32.8 Å². The number of halogens is 1. The molecule has 2 rings (SSSR count). The van der Waals surface area contributed by atoms with E-state index in [0.717, 1.165) is 0 Å². The van der Waals surface area contributed by atoms with Crippen LogP contribution < -0.4 is 10.5 Å². The Labute approximate surface area is 101 Å². The molecule has 0 bridgehead atoms. The minimum Gasteiger partial charge on any atom is -0.490 e. The summed E-state index contributed by atoms with van der Waals surface area (Å²) in [5.74, 6) is -0.0174. The molecule has 0 unspecified atom stereocenters. The van der Waals surface area contributed by atoms with Gasteiger partial charge in [0.05, 0.1) is 7.11 Å². The molecule has 0 aliphatic heterocycles. The highest BCUT2D eigenvalue weighted by molar-refractivity contribution is 6.31. The fourth-order valence-electron chi connectivity index (χ4n) is 1.26. The number of hydrogen-bond donors (Lipinski definition) is 1. The molecule has 2 heterocycles. The largest absolute Gasteiger partial charge is 0.490 e. The van der Waals surface area contributed by atoms with Gasteiger partial charge in [0, 0.05) is 6.20 Å². The minimum atomic E-state index is -0.622. The van der Waals surface area contributed by atoms with Gasteiger partial charge >= 0.3 is 0 Å². The molecule has 17 heavy (non-hydrogen) atoms. The van der Waals surface area contributed by atoms with Crippen LogP contribution in [0.5, 0.6) is 5.75 Å². The Bertz CT molecular complexity index is 568. The molecule has 0 radical (unpaired) electrons. The van der Waals surface area contributed by atoms with E-state index < -0.39 is 5.91 Å². The number of primary amides is 1. The number of nitrogens with zero attached hydrogens (tertiary/aromatic N) is 4. The lowest BCUT2D eigenvalue weighted by Gasteiger charge is -2.07. The van der Waals surface area contributed by atoms with E-state index in [1.54, 1.807) is 0 Å². The van der Waals surface area contributed by atoms with Gasteiger partial charge in [0.1, 0.15) is 12.0 Å². The number of ether oxygens (including phenoxy) is 1. The molecule has 2 N–H and O–H groups in total. The summed E-state index contributed by atoms with van der Waals surface area (Å²) in [4.78, 5) is 18.7. The molecule has 0 fully saturated rings. The molecule has 0 atom stereocenters. The molecule has 0 aromatic carbocycles. The molecule has 0 saturated heterocycles. The maximum absolute atomic E-state index is 10.9. The van der Waals surface area contributed by atoms with Gasteiger partial charge in [0.25, 0.3) is 5.91 Å². The minimum absolute atomic E-state index is 0.127. The van der Waals surface area contributed by atoms with Crippen LogP contribution in [0.4, 0.5) is 0 Å². The number of aromatic nitrogens is 4. The van der Waals surface area contributed by atoms with Crippen molar-refractivity contribution in [2.75, 3.05) is 7.11 Å². The second kappa shape index (κ2) is 4.38. The Balaban J connectivity index is 2.52. The number of methoxy groups -OCH3 is 1. The third-order valence-corrected chi connectivity index (χ3v) is 2.27. The molecule has 88 valence electrons. The predicted molar refractivity (Wildman–Crippen MR) is 59.2 cm³/mol. The topological polar surface area (TPSA) is 95.9 Å². The van der Waals surface area contributed by atoms with Gasteiger partial charge in [0.2, 0.25) is 11.6 Å². The molecule has 0 saturated carbocycles. The van der Waals surface area contributed by atoms with Crippen LogP contribution >= 0.6 is 11.6 Å². The van der Waals surface area contributed by atoms with Crippen LogP contribution in [0, 0.1) is 0 Å². The average Bonchev–Trinajstić information content (AvgIpc) is 2.77. The van der Waals surface area contributed by atoms with Crippen LogP contribution in [0.2, 0.25) is 5.15 Å². The lowest BCUT2D eigenvalue weighted by molar-refractivity contribution is 0.0995. The Kier molecular flexibility index (Phi) is 2.92. The molecule has 0 aliphatic rings. The molecule has 7 nitrogen and oxygen atoms in total. The van der Waals surface area contributed by atoms with Crippen molar-refractivity contribution in [3.8, 4) is 11.6 Å². The van der Waals surface area contributed by atoms with Gasteiger partial charge in [-0.2, -0.15) is 5.10 Å². The van der Waals surface area contributed by atoms with Crippen molar-refractivity contribution in [3.05, 3.63) is 29.4 Å². The van der Waals surface area contributed by atoms with Crippen molar-refractivity contribution in [1.82, 2.24) is 19.7 Å². The first-order chi connectivity index (χ1) is 8.13. The van der Waals surface area contributed by atoms with E-state index in [2.05, 4.69) is 15.1 Å². The van der Waals surface area contributed by atoms with Gasteiger partial charge in [0.15, 0.2) is 5.15 Å². The summed E-state index contributed by atoms with van der Waals surface area (Å²) in [6.45, 7) is 0. The highest BCUT2D eigenvalue weighted by atomic mass is 35.5. The van der Waals surface area contributed by atoms with Gasteiger partial charge in [-0.3, -0.25) is 4.79 Å². The van der Waals surface area contributed by atoms with Crippen LogP contribution in [0.15, 0.2) is 18.6 Å². The van der Waals surface area contributed by atoms with Crippen LogP contribution in [0.25, 0.3) is 5.82 Å². The predicted octanol–water partition coefficient (Wildman–Crippen LogP) is 0.423. The van der Waals surface area contributed by atoms with Crippen LogP contribution in [0.1, 0.15) is 10.5 Å². The molecule has 2 aromatic rings. The summed E-state index contributed by atoms with van der Waals surface area (Å²) in [5, 5.41) is 4.10. The molecular formula is C9H8ClN5O2. The normalized spacial score (nSPS) is 10.2. The zero-order valence-corrected chi connectivity index (χ0v) is 9.55. The summed E-state index contributed by atoms with van der Waals surface area (Å²) in [6.07, 6.45) is 2.80. The Morgan fingerprint density at radius 3 is 2.88 bits per heavy atom. The SMILES string of the molecule is COc1c(Cl)ncnc1-n1ccc(C(N)=O)n1. The first-order valence-corrected chi connectivity index (χ1v) is 4.91. The van der Waals surface area contributed by atoms with Gasteiger partial charge < -0.3 is 10.5 Å². The number of rotatable bonds is 3. The summed E-state index contributed by atoms with van der Waals surface area (Å²) < 4.78 is 6.41. The zero-order chi connectivity index (χ0) is 12.4. The molecule has 0 aliphatic carbocycles. The Hall–Kier alpha value is -2.15. The van der Waals surface area contributed by atoms with E-state index in [9.17, 15) is 4.79 Å². The monoisotopic (exact) mass is 253 g/mol. The quantitative estimate of drug-likeness (QED) is 0.800. The number of carbonyl (C=O) groups is 1. The van der Waals surface area contributed by atoms with Crippen LogP contribution in [0.3, 0.4) is 0 Å². The summed E-state index contributed by atoms with van der Waals surface area (Å²) in [7, 11) is 1.44. The first kappa shape index (κ1) is 11.3. The van der Waals surface area contributed by atoms with Crippen molar-refractivity contribution < 1.29 is 9.53 Å². The van der Waals surface area contributed by atoms with E-state index in [0.29, 0.717) is 5.82 Å². The fraction of sp³-hybridized carbons (Fsp3) is 0.111. The van der Waals surface area contributed by atoms with Gasteiger partial charge in [-0.15, -0.1) is 0 Å². The third-order valence-electron chi connectivity index (χ3n) is 2.00. The van der Waals surface area contributed by atoms with E-state index in [4.69, 9.17) is 22.1 Å². The molecule has 8 heteroatoms. The number of hydrogen-bond acceptors (Lipinski definition) is 5. The van der Waals surface area contributed by atoms with Gasteiger partial charge in [-0.1, -0.05) is 11.6 Å². The van der Waals surface area contributed by atoms with E-state index in [1.165, 1.54) is 30.4 Å². The average molecular weight is 254 g/mol. The van der Waals surface area contributed by atoms with E-state index >= 15 is 0 Å². The fourth-order valence-corrected chi connectivity index (χ4v) is 1.46.